The van der Waals surface area contributed by atoms with Crippen LogP contribution in [0.5, 0.6) is 0 Å². The molecule has 10 heteroatoms. The normalized spacial score (nSPS) is 13.0. The highest BCUT2D eigenvalue weighted by atomic mass is 32.2. The number of fused-ring (bicyclic) bond motifs is 1. The molecule has 1 saturated heterocycles. The van der Waals surface area contributed by atoms with Crippen LogP contribution in [-0.4, -0.2) is 47.8 Å². The maximum absolute atomic E-state index is 13.3. The number of aromatic amines is 1. The number of hydrogen-bond donors (Lipinski definition) is 3. The standard InChI is InChI=1S/C31H27N5O4S/c1-40-41-23-12-10-22(11-13-23)34-31(39)35-27-9-5-8-24-26(19-33-28(24)27)29(37)30(38)36-16-14-21(15-17-36)25(18-32)20-6-3-2-4-7-20/h2-13,19,33H,14-17H2,1H3,(H2,34,35,39). The van der Waals surface area contributed by atoms with Crippen LogP contribution in [0.25, 0.3) is 16.5 Å². The summed E-state index contributed by atoms with van der Waals surface area (Å²) >= 11 is 1.22. The molecule has 0 bridgehead atoms. The molecule has 1 aromatic heterocycles. The van der Waals surface area contributed by atoms with Crippen molar-refractivity contribution in [1.29, 1.82) is 5.26 Å². The van der Waals surface area contributed by atoms with Crippen LogP contribution in [-0.2, 0) is 8.98 Å². The molecule has 0 aliphatic carbocycles. The van der Waals surface area contributed by atoms with Gasteiger partial charge in [-0.25, -0.2) is 4.79 Å². The summed E-state index contributed by atoms with van der Waals surface area (Å²) in [5.74, 6) is -1.21. The second kappa shape index (κ2) is 12.6. The topological polar surface area (TPSA) is 127 Å². The third kappa shape index (κ3) is 6.17. The number of nitrogens with zero attached hydrogens (tertiary/aromatic N) is 2. The summed E-state index contributed by atoms with van der Waals surface area (Å²) in [6.07, 6.45) is 2.56. The van der Waals surface area contributed by atoms with Gasteiger partial charge in [-0.15, -0.1) is 0 Å². The third-order valence-corrected chi connectivity index (χ3v) is 7.51. The number of rotatable bonds is 7. The molecular formula is C31H27N5O4S. The van der Waals surface area contributed by atoms with Crippen molar-refractivity contribution in [2.75, 3.05) is 30.8 Å². The average molecular weight is 566 g/mol. The molecule has 41 heavy (non-hydrogen) atoms. The fourth-order valence-corrected chi connectivity index (χ4v) is 5.30. The molecule has 3 N–H and O–H groups in total. The second-order valence-corrected chi connectivity index (χ2v) is 10.3. The summed E-state index contributed by atoms with van der Waals surface area (Å²) in [5.41, 5.74) is 4.33. The number of H-pyrrole nitrogens is 1. The zero-order valence-electron chi connectivity index (χ0n) is 22.3. The van der Waals surface area contributed by atoms with E-state index in [2.05, 4.69) is 21.7 Å². The van der Waals surface area contributed by atoms with E-state index in [1.165, 1.54) is 23.1 Å². The highest BCUT2D eigenvalue weighted by Gasteiger charge is 2.29. The smallest absolute Gasteiger partial charge is 0.323 e. The molecule has 1 aliphatic heterocycles. The van der Waals surface area contributed by atoms with Gasteiger partial charge in [0.05, 0.1) is 35.5 Å². The van der Waals surface area contributed by atoms with Crippen molar-refractivity contribution in [3.05, 3.63) is 95.7 Å². The number of nitrogens with one attached hydrogen (secondary N) is 3. The number of Topliss-reactive ketones (excluding diaryl/α,β-unsaturated/α-hetero) is 1. The number of anilines is 2. The van der Waals surface area contributed by atoms with E-state index in [-0.39, 0.29) is 5.56 Å². The van der Waals surface area contributed by atoms with E-state index in [4.69, 9.17) is 4.18 Å². The van der Waals surface area contributed by atoms with Crippen LogP contribution < -0.4 is 10.6 Å². The minimum absolute atomic E-state index is 0.239. The molecule has 0 unspecified atom stereocenters. The lowest BCUT2D eigenvalue weighted by Gasteiger charge is -2.28. The zero-order valence-corrected chi connectivity index (χ0v) is 23.1. The predicted octanol–water partition coefficient (Wildman–Crippen LogP) is 6.25. The molecule has 4 aromatic rings. The number of piperidine rings is 1. The summed E-state index contributed by atoms with van der Waals surface area (Å²) in [6.45, 7) is 0.719. The molecular weight excluding hydrogens is 538 g/mol. The number of benzene rings is 3. The first kappa shape index (κ1) is 27.7. The number of para-hydroxylation sites is 1. The zero-order chi connectivity index (χ0) is 28.8. The van der Waals surface area contributed by atoms with Crippen LogP contribution in [0.2, 0.25) is 0 Å². The van der Waals surface area contributed by atoms with Crippen molar-refractivity contribution in [3.63, 3.8) is 0 Å². The largest absolute Gasteiger partial charge is 0.359 e. The maximum atomic E-state index is 13.3. The first-order valence-corrected chi connectivity index (χ1v) is 13.7. The number of carbonyl (C=O) groups excluding carboxylic acids is 3. The minimum Gasteiger partial charge on any atom is -0.359 e. The SMILES string of the molecule is COSc1ccc(NC(=O)Nc2cccc3c(C(=O)C(=O)N4CCC(=C(C#N)c5ccccc5)CC4)c[nH]c23)cc1. The predicted molar refractivity (Wildman–Crippen MR) is 159 cm³/mol. The molecule has 0 saturated carbocycles. The minimum atomic E-state index is -0.622. The number of likely N-dealkylation sites (tertiary alicyclic amines) is 1. The van der Waals surface area contributed by atoms with Gasteiger partial charge >= 0.3 is 6.03 Å². The summed E-state index contributed by atoms with van der Waals surface area (Å²) < 4.78 is 5.02. The van der Waals surface area contributed by atoms with Gasteiger partial charge in [0.15, 0.2) is 0 Å². The number of nitriles is 1. The average Bonchev–Trinajstić information content (AvgIpc) is 3.44. The van der Waals surface area contributed by atoms with E-state index in [0.29, 0.717) is 53.8 Å². The van der Waals surface area contributed by atoms with Gasteiger partial charge in [-0.2, -0.15) is 5.26 Å². The van der Waals surface area contributed by atoms with E-state index < -0.39 is 17.7 Å². The Labute approximate surface area is 241 Å². The van der Waals surface area contributed by atoms with Gasteiger partial charge in [0, 0.05) is 47.3 Å². The number of urea groups is 1. The van der Waals surface area contributed by atoms with Gasteiger partial charge in [0.25, 0.3) is 11.7 Å². The molecule has 206 valence electrons. The van der Waals surface area contributed by atoms with Crippen molar-refractivity contribution in [2.24, 2.45) is 0 Å². The number of aromatic nitrogens is 1. The van der Waals surface area contributed by atoms with Crippen LogP contribution in [0.1, 0.15) is 28.8 Å². The first-order chi connectivity index (χ1) is 20.0. The Balaban J connectivity index is 1.26. The van der Waals surface area contributed by atoms with E-state index in [1.807, 2.05) is 42.5 Å². The van der Waals surface area contributed by atoms with Crippen LogP contribution in [0.15, 0.2) is 89.5 Å². The number of amides is 3. The number of ketones is 1. The van der Waals surface area contributed by atoms with Crippen LogP contribution in [0.3, 0.4) is 0 Å². The Morgan fingerprint density at radius 3 is 2.37 bits per heavy atom. The van der Waals surface area contributed by atoms with Gasteiger partial charge in [-0.1, -0.05) is 42.5 Å². The van der Waals surface area contributed by atoms with Crippen molar-refractivity contribution < 1.29 is 18.6 Å². The highest BCUT2D eigenvalue weighted by molar-refractivity contribution is 7.94. The van der Waals surface area contributed by atoms with Gasteiger partial charge < -0.3 is 24.7 Å². The molecule has 3 aromatic carbocycles. The molecule has 0 radical (unpaired) electrons. The van der Waals surface area contributed by atoms with E-state index >= 15 is 0 Å². The van der Waals surface area contributed by atoms with E-state index in [0.717, 1.165) is 16.0 Å². The van der Waals surface area contributed by atoms with Crippen molar-refractivity contribution in [1.82, 2.24) is 9.88 Å². The quantitative estimate of drug-likeness (QED) is 0.105. The number of hydrogen-bond acceptors (Lipinski definition) is 6. The van der Waals surface area contributed by atoms with Gasteiger partial charge in [0.1, 0.15) is 0 Å². The van der Waals surface area contributed by atoms with Crippen molar-refractivity contribution in [3.8, 4) is 6.07 Å². The van der Waals surface area contributed by atoms with Crippen molar-refractivity contribution in [2.45, 2.75) is 17.7 Å². The third-order valence-electron chi connectivity index (χ3n) is 6.88. The molecule has 3 amide bonds. The lowest BCUT2D eigenvalue weighted by molar-refractivity contribution is -0.126. The fourth-order valence-electron chi connectivity index (χ4n) is 4.86. The summed E-state index contributed by atoms with van der Waals surface area (Å²) in [7, 11) is 1.58. The monoisotopic (exact) mass is 565 g/mol. The summed E-state index contributed by atoms with van der Waals surface area (Å²) in [6, 6.07) is 23.7. The van der Waals surface area contributed by atoms with E-state index in [9.17, 15) is 19.6 Å². The molecule has 2 heterocycles. The lowest BCUT2D eigenvalue weighted by atomic mass is 9.93. The Kier molecular flexibility index (Phi) is 8.48. The molecule has 9 nitrogen and oxygen atoms in total. The van der Waals surface area contributed by atoms with Crippen LogP contribution >= 0.6 is 12.0 Å². The Morgan fingerprint density at radius 2 is 1.68 bits per heavy atom. The maximum Gasteiger partial charge on any atom is 0.323 e. The molecule has 1 fully saturated rings. The van der Waals surface area contributed by atoms with Gasteiger partial charge in [-0.3, -0.25) is 9.59 Å². The Morgan fingerprint density at radius 1 is 0.951 bits per heavy atom. The molecule has 0 spiro atoms. The molecule has 1 aliphatic rings. The summed E-state index contributed by atoms with van der Waals surface area (Å²) in [4.78, 5) is 44.6. The Hall–Kier alpha value is -4.85. The Bertz CT molecular complexity index is 1660. The lowest BCUT2D eigenvalue weighted by Crippen LogP contribution is -2.40. The van der Waals surface area contributed by atoms with Gasteiger partial charge in [0.2, 0.25) is 0 Å². The second-order valence-electron chi connectivity index (χ2n) is 9.36. The fraction of sp³-hybridized carbons (Fsp3) is 0.161. The number of carbonyl (C=O) groups is 3. The number of allylic oxidation sites excluding steroid dienone is 1. The molecule has 5 rings (SSSR count). The first-order valence-electron chi connectivity index (χ1n) is 13.0. The van der Waals surface area contributed by atoms with Crippen LogP contribution in [0, 0.1) is 11.3 Å². The summed E-state index contributed by atoms with van der Waals surface area (Å²) in [5, 5.41) is 15.8. The highest BCUT2D eigenvalue weighted by Crippen LogP contribution is 2.29. The van der Waals surface area contributed by atoms with E-state index in [1.54, 1.807) is 37.4 Å². The van der Waals surface area contributed by atoms with Crippen molar-refractivity contribution >= 4 is 57.6 Å². The molecule has 0 atom stereocenters. The van der Waals surface area contributed by atoms with Gasteiger partial charge in [-0.05, 0) is 54.3 Å². The van der Waals surface area contributed by atoms with Crippen LogP contribution in [0.4, 0.5) is 16.2 Å².